The van der Waals surface area contributed by atoms with E-state index >= 15 is 0 Å². The van der Waals surface area contributed by atoms with Crippen molar-refractivity contribution in [3.63, 3.8) is 0 Å². The van der Waals surface area contributed by atoms with Crippen LogP contribution in [-0.2, 0) is 4.79 Å². The first-order valence-corrected chi connectivity index (χ1v) is 6.10. The van der Waals surface area contributed by atoms with E-state index in [0.29, 0.717) is 6.42 Å². The van der Waals surface area contributed by atoms with Crippen LogP contribution in [-0.4, -0.2) is 55.4 Å². The highest BCUT2D eigenvalue weighted by molar-refractivity contribution is 5.49. The predicted molar refractivity (Wildman–Crippen MR) is 63.0 cm³/mol. The molecule has 1 saturated heterocycles. The Balaban J connectivity index is 2.09. The van der Waals surface area contributed by atoms with Crippen LogP contribution < -0.4 is 0 Å². The minimum atomic E-state index is 0.687. The largest absolute Gasteiger partial charge is 0.303 e. The Hall–Kier alpha value is -0.410. The molecule has 0 saturated carbocycles. The van der Waals surface area contributed by atoms with Gasteiger partial charge in [-0.25, -0.2) is 0 Å². The molecule has 88 valence electrons. The molecule has 0 N–H and O–H groups in total. The topological polar surface area (TPSA) is 23.6 Å². The lowest BCUT2D eigenvalue weighted by Crippen LogP contribution is -2.46. The number of aldehydes is 1. The number of hydrogen-bond acceptors (Lipinski definition) is 3. The van der Waals surface area contributed by atoms with Gasteiger partial charge in [0.25, 0.3) is 0 Å². The standard InChI is InChI=1S/C12H24N2O/c1-12(2)4-6-14-9-7-13(8-10-14)5-3-11-15/h11-12H,3-10H2,1-2H3. The maximum atomic E-state index is 10.3. The zero-order valence-corrected chi connectivity index (χ0v) is 10.1. The molecule has 0 aromatic carbocycles. The van der Waals surface area contributed by atoms with Gasteiger partial charge in [-0.3, -0.25) is 0 Å². The Morgan fingerprint density at radius 1 is 1.07 bits per heavy atom. The summed E-state index contributed by atoms with van der Waals surface area (Å²) in [6, 6.07) is 0. The third-order valence-corrected chi connectivity index (χ3v) is 3.05. The van der Waals surface area contributed by atoms with Gasteiger partial charge in [0.1, 0.15) is 6.29 Å². The fourth-order valence-corrected chi connectivity index (χ4v) is 1.91. The van der Waals surface area contributed by atoms with Gasteiger partial charge in [0.2, 0.25) is 0 Å². The SMILES string of the molecule is CC(C)CCN1CCN(CCC=O)CC1. The second-order valence-electron chi connectivity index (χ2n) is 4.82. The first-order chi connectivity index (χ1) is 7.22. The number of piperazine rings is 1. The van der Waals surface area contributed by atoms with Crippen LogP contribution >= 0.6 is 0 Å². The number of carbonyl (C=O) groups excluding carboxylic acids is 1. The Labute approximate surface area is 93.4 Å². The van der Waals surface area contributed by atoms with Gasteiger partial charge in [-0.15, -0.1) is 0 Å². The number of rotatable bonds is 6. The maximum Gasteiger partial charge on any atom is 0.121 e. The molecule has 3 nitrogen and oxygen atoms in total. The molecule has 0 aromatic rings. The predicted octanol–water partition coefficient (Wildman–Crippen LogP) is 1.24. The van der Waals surface area contributed by atoms with E-state index in [9.17, 15) is 4.79 Å². The summed E-state index contributed by atoms with van der Waals surface area (Å²) in [5.74, 6) is 0.804. The highest BCUT2D eigenvalue weighted by Gasteiger charge is 2.15. The third-order valence-electron chi connectivity index (χ3n) is 3.05. The lowest BCUT2D eigenvalue weighted by molar-refractivity contribution is -0.108. The van der Waals surface area contributed by atoms with E-state index in [1.807, 2.05) is 0 Å². The van der Waals surface area contributed by atoms with Crippen molar-refractivity contribution >= 4 is 6.29 Å². The van der Waals surface area contributed by atoms with Crippen LogP contribution in [0.4, 0.5) is 0 Å². The molecule has 1 rings (SSSR count). The summed E-state index contributed by atoms with van der Waals surface area (Å²) in [5, 5.41) is 0. The van der Waals surface area contributed by atoms with Crippen molar-refractivity contribution in [2.45, 2.75) is 26.7 Å². The number of hydrogen-bond donors (Lipinski definition) is 0. The summed E-state index contributed by atoms with van der Waals surface area (Å²) >= 11 is 0. The second kappa shape index (κ2) is 6.96. The van der Waals surface area contributed by atoms with Crippen LogP contribution in [0.25, 0.3) is 0 Å². The molecule has 0 amide bonds. The van der Waals surface area contributed by atoms with Gasteiger partial charge in [-0.05, 0) is 18.9 Å². The second-order valence-corrected chi connectivity index (χ2v) is 4.82. The zero-order chi connectivity index (χ0) is 11.1. The minimum Gasteiger partial charge on any atom is -0.303 e. The van der Waals surface area contributed by atoms with Gasteiger partial charge >= 0.3 is 0 Å². The lowest BCUT2D eigenvalue weighted by Gasteiger charge is -2.34. The molecule has 1 heterocycles. The Morgan fingerprint density at radius 3 is 2.07 bits per heavy atom. The zero-order valence-electron chi connectivity index (χ0n) is 10.1. The number of nitrogens with zero attached hydrogens (tertiary/aromatic N) is 2. The Morgan fingerprint density at radius 2 is 1.60 bits per heavy atom. The molecule has 0 bridgehead atoms. The summed E-state index contributed by atoms with van der Waals surface area (Å²) in [6.45, 7) is 11.3. The molecule has 1 aliphatic rings. The van der Waals surface area contributed by atoms with Crippen molar-refractivity contribution in [1.82, 2.24) is 9.80 Å². The van der Waals surface area contributed by atoms with Gasteiger partial charge in [0.05, 0.1) is 0 Å². The number of carbonyl (C=O) groups is 1. The maximum absolute atomic E-state index is 10.3. The lowest BCUT2D eigenvalue weighted by atomic mass is 10.1. The van der Waals surface area contributed by atoms with E-state index in [4.69, 9.17) is 0 Å². The molecule has 0 atom stereocenters. The van der Waals surface area contributed by atoms with Crippen molar-refractivity contribution in [1.29, 1.82) is 0 Å². The summed E-state index contributed by atoms with van der Waals surface area (Å²) in [4.78, 5) is 15.2. The fourth-order valence-electron chi connectivity index (χ4n) is 1.91. The van der Waals surface area contributed by atoms with Gasteiger partial charge < -0.3 is 14.6 Å². The molecule has 1 fully saturated rings. The van der Waals surface area contributed by atoms with E-state index < -0.39 is 0 Å². The van der Waals surface area contributed by atoms with Gasteiger partial charge in [-0.2, -0.15) is 0 Å². The van der Waals surface area contributed by atoms with E-state index in [1.54, 1.807) is 0 Å². The normalized spacial score (nSPS) is 19.7. The van der Waals surface area contributed by atoms with E-state index in [0.717, 1.165) is 31.8 Å². The van der Waals surface area contributed by atoms with Crippen molar-refractivity contribution in [2.75, 3.05) is 39.3 Å². The van der Waals surface area contributed by atoms with Crippen LogP contribution in [0.5, 0.6) is 0 Å². The molecule has 0 aliphatic carbocycles. The van der Waals surface area contributed by atoms with Gasteiger partial charge in [0, 0.05) is 39.1 Å². The molecule has 0 spiro atoms. The Kier molecular flexibility index (Phi) is 5.88. The van der Waals surface area contributed by atoms with Crippen LogP contribution in [0.15, 0.2) is 0 Å². The van der Waals surface area contributed by atoms with Gasteiger partial charge in [0.15, 0.2) is 0 Å². The summed E-state index contributed by atoms with van der Waals surface area (Å²) in [6.07, 6.45) is 3.01. The molecular formula is C12H24N2O. The van der Waals surface area contributed by atoms with Gasteiger partial charge in [-0.1, -0.05) is 13.8 Å². The molecule has 1 aliphatic heterocycles. The average Bonchev–Trinajstić information content (AvgIpc) is 2.25. The average molecular weight is 212 g/mol. The smallest absolute Gasteiger partial charge is 0.121 e. The van der Waals surface area contributed by atoms with Crippen LogP contribution in [0.3, 0.4) is 0 Å². The van der Waals surface area contributed by atoms with E-state index in [2.05, 4.69) is 23.6 Å². The van der Waals surface area contributed by atoms with E-state index in [-0.39, 0.29) is 0 Å². The summed E-state index contributed by atoms with van der Waals surface area (Å²) in [7, 11) is 0. The molecule has 0 radical (unpaired) electrons. The van der Waals surface area contributed by atoms with Crippen molar-refractivity contribution < 1.29 is 4.79 Å². The minimum absolute atomic E-state index is 0.687. The summed E-state index contributed by atoms with van der Waals surface area (Å²) < 4.78 is 0. The highest BCUT2D eigenvalue weighted by Crippen LogP contribution is 2.06. The quantitative estimate of drug-likeness (QED) is 0.619. The molecule has 15 heavy (non-hydrogen) atoms. The molecule has 0 unspecified atom stereocenters. The molecule has 3 heteroatoms. The highest BCUT2D eigenvalue weighted by atomic mass is 16.1. The van der Waals surface area contributed by atoms with Crippen LogP contribution in [0.1, 0.15) is 26.7 Å². The van der Waals surface area contributed by atoms with Crippen LogP contribution in [0, 0.1) is 5.92 Å². The van der Waals surface area contributed by atoms with Crippen molar-refractivity contribution in [2.24, 2.45) is 5.92 Å². The van der Waals surface area contributed by atoms with Crippen LogP contribution in [0.2, 0.25) is 0 Å². The first-order valence-electron chi connectivity index (χ1n) is 6.10. The van der Waals surface area contributed by atoms with E-state index in [1.165, 1.54) is 26.1 Å². The fraction of sp³-hybridized carbons (Fsp3) is 0.917. The van der Waals surface area contributed by atoms with Crippen molar-refractivity contribution in [3.8, 4) is 0 Å². The molecule has 0 aromatic heterocycles. The molecular weight excluding hydrogens is 188 g/mol. The summed E-state index contributed by atoms with van der Waals surface area (Å²) in [5.41, 5.74) is 0. The Bertz CT molecular complexity index is 174. The first kappa shape index (κ1) is 12.7. The third kappa shape index (κ3) is 5.28. The van der Waals surface area contributed by atoms with Crippen molar-refractivity contribution in [3.05, 3.63) is 0 Å². The monoisotopic (exact) mass is 212 g/mol.